The van der Waals surface area contributed by atoms with Crippen LogP contribution in [0.5, 0.6) is 0 Å². The van der Waals surface area contributed by atoms with Crippen molar-refractivity contribution in [1.82, 2.24) is 9.88 Å². The van der Waals surface area contributed by atoms with Crippen LogP contribution < -0.4 is 4.90 Å². The Hall–Kier alpha value is -3.73. The molecule has 2 aromatic carbocycles. The van der Waals surface area contributed by atoms with Gasteiger partial charge in [-0.05, 0) is 30.2 Å². The first kappa shape index (κ1) is 20.5. The Morgan fingerprint density at radius 3 is 2.26 bits per heavy atom. The lowest BCUT2D eigenvalue weighted by Gasteiger charge is -2.35. The Labute approximate surface area is 183 Å². The van der Waals surface area contributed by atoms with Gasteiger partial charge in [-0.15, -0.1) is 0 Å². The van der Waals surface area contributed by atoms with Crippen molar-refractivity contribution in [3.63, 3.8) is 0 Å². The summed E-state index contributed by atoms with van der Waals surface area (Å²) in [6.07, 6.45) is 1.80. The van der Waals surface area contributed by atoms with Crippen LogP contribution in [0.1, 0.15) is 16.7 Å². The lowest BCUT2D eigenvalue weighted by molar-refractivity contribution is -0.124. The quantitative estimate of drug-likeness (QED) is 0.593. The van der Waals surface area contributed by atoms with Crippen LogP contribution >= 0.6 is 0 Å². The van der Waals surface area contributed by atoms with Crippen molar-refractivity contribution in [2.45, 2.75) is 6.92 Å². The molecule has 5 nitrogen and oxygen atoms in total. The second-order valence-corrected chi connectivity index (χ2v) is 7.56. The monoisotopic (exact) mass is 410 g/mol. The first-order valence-electron chi connectivity index (χ1n) is 10.5. The number of aryl methyl sites for hydroxylation is 1. The molecule has 0 unspecified atom stereocenters. The molecule has 1 saturated heterocycles. The van der Waals surface area contributed by atoms with E-state index in [1.54, 1.807) is 6.20 Å². The van der Waals surface area contributed by atoms with E-state index in [9.17, 15) is 4.79 Å². The summed E-state index contributed by atoms with van der Waals surface area (Å²) in [5, 5.41) is 0. The second-order valence-electron chi connectivity index (χ2n) is 7.56. The van der Waals surface area contributed by atoms with Crippen LogP contribution in [0.4, 0.5) is 5.82 Å². The number of anilines is 1. The van der Waals surface area contributed by atoms with E-state index in [1.807, 2.05) is 84.6 Å². The molecule has 1 fully saturated rings. The number of benzene rings is 2. The van der Waals surface area contributed by atoms with Crippen LogP contribution in [0.2, 0.25) is 0 Å². The maximum absolute atomic E-state index is 13.6. The first-order valence-corrected chi connectivity index (χ1v) is 10.5. The molecule has 5 heteroatoms. The third kappa shape index (κ3) is 4.72. The van der Waals surface area contributed by atoms with Gasteiger partial charge in [-0.3, -0.25) is 4.79 Å². The molecule has 1 aliphatic heterocycles. The number of aliphatic imine (C=N–C) groups is 1. The summed E-state index contributed by atoms with van der Waals surface area (Å²) in [4.78, 5) is 26.8. The SMILES string of the molecule is C=C(N=C(C(=O)N1CCN(c2ccccn2)CC1)c1ccccc1C)c1ccccc1. The third-order valence-electron chi connectivity index (χ3n) is 5.50. The number of amides is 1. The molecule has 0 aliphatic carbocycles. The summed E-state index contributed by atoms with van der Waals surface area (Å²) < 4.78 is 0. The number of aromatic nitrogens is 1. The van der Waals surface area contributed by atoms with Gasteiger partial charge in [0, 0.05) is 37.9 Å². The Kier molecular flexibility index (Phi) is 6.22. The van der Waals surface area contributed by atoms with Crippen LogP contribution in [0.25, 0.3) is 5.70 Å². The van der Waals surface area contributed by atoms with Crippen molar-refractivity contribution in [1.29, 1.82) is 0 Å². The van der Waals surface area contributed by atoms with Gasteiger partial charge < -0.3 is 9.80 Å². The fourth-order valence-electron chi connectivity index (χ4n) is 3.72. The molecule has 0 bridgehead atoms. The fourth-order valence-corrected chi connectivity index (χ4v) is 3.72. The predicted molar refractivity (Wildman–Crippen MR) is 126 cm³/mol. The van der Waals surface area contributed by atoms with Gasteiger partial charge in [0.1, 0.15) is 11.5 Å². The van der Waals surface area contributed by atoms with Crippen molar-refractivity contribution in [2.24, 2.45) is 4.99 Å². The fraction of sp³-hybridized carbons (Fsp3) is 0.192. The Morgan fingerprint density at radius 2 is 1.58 bits per heavy atom. The molecule has 31 heavy (non-hydrogen) atoms. The number of hydrogen-bond donors (Lipinski definition) is 0. The molecule has 4 rings (SSSR count). The number of piperazine rings is 1. The topological polar surface area (TPSA) is 48.8 Å². The van der Waals surface area contributed by atoms with Gasteiger partial charge in [0.2, 0.25) is 0 Å². The molecule has 3 aromatic rings. The van der Waals surface area contributed by atoms with Crippen molar-refractivity contribution in [2.75, 3.05) is 31.1 Å². The largest absolute Gasteiger partial charge is 0.353 e. The van der Waals surface area contributed by atoms with Gasteiger partial charge in [0.25, 0.3) is 5.91 Å². The summed E-state index contributed by atoms with van der Waals surface area (Å²) in [7, 11) is 0. The van der Waals surface area contributed by atoms with Crippen molar-refractivity contribution >= 4 is 23.1 Å². The molecule has 2 heterocycles. The summed E-state index contributed by atoms with van der Waals surface area (Å²) in [6.45, 7) is 8.85. The standard InChI is InChI=1S/C26H26N4O/c1-20-10-6-7-13-23(20)25(28-21(2)22-11-4-3-5-12-22)26(31)30-18-16-29(17-19-30)24-14-8-9-15-27-24/h3-15H,2,16-19H2,1H3. The average Bonchev–Trinajstić information content (AvgIpc) is 2.84. The molecular weight excluding hydrogens is 384 g/mol. The predicted octanol–water partition coefficient (Wildman–Crippen LogP) is 4.20. The molecular formula is C26H26N4O. The molecule has 1 aliphatic rings. The van der Waals surface area contributed by atoms with E-state index in [-0.39, 0.29) is 5.91 Å². The third-order valence-corrected chi connectivity index (χ3v) is 5.50. The van der Waals surface area contributed by atoms with Gasteiger partial charge in [-0.1, -0.05) is 67.2 Å². The van der Waals surface area contributed by atoms with E-state index in [1.165, 1.54) is 0 Å². The molecule has 0 atom stereocenters. The van der Waals surface area contributed by atoms with E-state index < -0.39 is 0 Å². The molecule has 0 saturated carbocycles. The van der Waals surface area contributed by atoms with E-state index in [2.05, 4.69) is 16.5 Å². The minimum absolute atomic E-state index is 0.0629. The summed E-state index contributed by atoms with van der Waals surface area (Å²) in [5.74, 6) is 0.881. The highest BCUT2D eigenvalue weighted by Gasteiger charge is 2.27. The van der Waals surface area contributed by atoms with Gasteiger partial charge >= 0.3 is 0 Å². The van der Waals surface area contributed by atoms with Gasteiger partial charge in [-0.2, -0.15) is 0 Å². The normalized spacial score (nSPS) is 14.4. The number of pyridine rings is 1. The summed E-state index contributed by atoms with van der Waals surface area (Å²) in [5.41, 5.74) is 3.79. The highest BCUT2D eigenvalue weighted by Crippen LogP contribution is 2.19. The summed E-state index contributed by atoms with van der Waals surface area (Å²) in [6, 6.07) is 23.5. The molecule has 156 valence electrons. The molecule has 0 spiro atoms. The van der Waals surface area contributed by atoms with E-state index >= 15 is 0 Å². The maximum atomic E-state index is 13.6. The lowest BCUT2D eigenvalue weighted by Crippen LogP contribution is -2.51. The van der Waals surface area contributed by atoms with Crippen LogP contribution in [0.15, 0.2) is 90.6 Å². The zero-order valence-corrected chi connectivity index (χ0v) is 17.7. The summed E-state index contributed by atoms with van der Waals surface area (Å²) >= 11 is 0. The molecule has 0 N–H and O–H groups in total. The number of carbonyl (C=O) groups is 1. The highest BCUT2D eigenvalue weighted by molar-refractivity contribution is 6.46. The first-order chi connectivity index (χ1) is 15.1. The second kappa shape index (κ2) is 9.39. The number of nitrogens with zero attached hydrogens (tertiary/aromatic N) is 4. The highest BCUT2D eigenvalue weighted by atomic mass is 16.2. The average molecular weight is 411 g/mol. The number of carbonyl (C=O) groups excluding carboxylic acids is 1. The maximum Gasteiger partial charge on any atom is 0.273 e. The smallest absolute Gasteiger partial charge is 0.273 e. The number of rotatable bonds is 5. The molecule has 1 aromatic heterocycles. The van der Waals surface area contributed by atoms with Gasteiger partial charge in [-0.25, -0.2) is 9.98 Å². The lowest BCUT2D eigenvalue weighted by atomic mass is 10.0. The minimum Gasteiger partial charge on any atom is -0.353 e. The molecule has 1 amide bonds. The van der Waals surface area contributed by atoms with Crippen molar-refractivity contribution < 1.29 is 4.79 Å². The van der Waals surface area contributed by atoms with Gasteiger partial charge in [0.05, 0.1) is 5.70 Å². The Bertz CT molecular complexity index is 1080. The van der Waals surface area contributed by atoms with Crippen LogP contribution in [-0.4, -0.2) is 47.7 Å². The zero-order valence-electron chi connectivity index (χ0n) is 17.7. The Morgan fingerprint density at radius 1 is 0.903 bits per heavy atom. The zero-order chi connectivity index (χ0) is 21.6. The van der Waals surface area contributed by atoms with E-state index in [4.69, 9.17) is 4.99 Å². The van der Waals surface area contributed by atoms with Crippen molar-refractivity contribution in [3.05, 3.63) is 102 Å². The Balaban J connectivity index is 1.59. The van der Waals surface area contributed by atoms with Crippen LogP contribution in [-0.2, 0) is 4.79 Å². The number of hydrogen-bond acceptors (Lipinski definition) is 4. The molecule has 0 radical (unpaired) electrons. The van der Waals surface area contributed by atoms with Crippen LogP contribution in [0, 0.1) is 6.92 Å². The van der Waals surface area contributed by atoms with Crippen LogP contribution in [0.3, 0.4) is 0 Å². The van der Waals surface area contributed by atoms with E-state index in [0.29, 0.717) is 24.5 Å². The van der Waals surface area contributed by atoms with E-state index in [0.717, 1.165) is 35.6 Å². The minimum atomic E-state index is -0.0629. The van der Waals surface area contributed by atoms with Gasteiger partial charge in [0.15, 0.2) is 0 Å². The van der Waals surface area contributed by atoms with Crippen molar-refractivity contribution in [3.8, 4) is 0 Å².